The summed E-state index contributed by atoms with van der Waals surface area (Å²) in [6.07, 6.45) is 5.51. The zero-order chi connectivity index (χ0) is 14.5. The molecule has 2 amide bonds. The van der Waals surface area contributed by atoms with Gasteiger partial charge in [-0.05, 0) is 36.7 Å². The third kappa shape index (κ3) is 4.93. The van der Waals surface area contributed by atoms with Crippen molar-refractivity contribution in [3.05, 3.63) is 0 Å². The van der Waals surface area contributed by atoms with Crippen LogP contribution >= 0.6 is 11.8 Å². The lowest BCUT2D eigenvalue weighted by Gasteiger charge is -2.28. The molecule has 1 fully saturated rings. The summed E-state index contributed by atoms with van der Waals surface area (Å²) >= 11 is 1.57. The SMILES string of the molecule is CSCC[C@H](NC(=O)NC1CCCC1(C)C)C(=O)O. The molecule has 2 atom stereocenters. The summed E-state index contributed by atoms with van der Waals surface area (Å²) in [7, 11) is 0. The van der Waals surface area contributed by atoms with Gasteiger partial charge in [-0.3, -0.25) is 0 Å². The molecular weight excluding hydrogens is 264 g/mol. The molecule has 1 aliphatic carbocycles. The smallest absolute Gasteiger partial charge is 0.326 e. The molecule has 6 heteroatoms. The Morgan fingerprint density at radius 3 is 2.63 bits per heavy atom. The van der Waals surface area contributed by atoms with Crippen molar-refractivity contribution in [3.8, 4) is 0 Å². The highest BCUT2D eigenvalue weighted by molar-refractivity contribution is 7.98. The monoisotopic (exact) mass is 288 g/mol. The standard InChI is InChI=1S/C13H24N2O3S/c1-13(2)7-4-5-10(13)15-12(18)14-9(11(16)17)6-8-19-3/h9-10H,4-8H2,1-3H3,(H,16,17)(H2,14,15,18)/t9-,10?/m0/s1. The van der Waals surface area contributed by atoms with Crippen LogP contribution in [0.1, 0.15) is 39.5 Å². The summed E-state index contributed by atoms with van der Waals surface area (Å²) in [5, 5.41) is 14.5. The van der Waals surface area contributed by atoms with Gasteiger partial charge < -0.3 is 15.7 Å². The highest BCUT2D eigenvalue weighted by atomic mass is 32.2. The highest BCUT2D eigenvalue weighted by Crippen LogP contribution is 2.37. The van der Waals surface area contributed by atoms with Crippen molar-refractivity contribution in [2.75, 3.05) is 12.0 Å². The van der Waals surface area contributed by atoms with Crippen LogP contribution in [0.15, 0.2) is 0 Å². The number of carbonyl (C=O) groups is 2. The molecule has 1 aliphatic rings. The second kappa shape index (κ2) is 7.03. The first kappa shape index (κ1) is 16.1. The van der Waals surface area contributed by atoms with Gasteiger partial charge in [0.1, 0.15) is 6.04 Å². The first-order chi connectivity index (χ1) is 8.86. The fourth-order valence-corrected chi connectivity index (χ4v) is 2.92. The number of carbonyl (C=O) groups excluding carboxylic acids is 1. The zero-order valence-corrected chi connectivity index (χ0v) is 12.7. The van der Waals surface area contributed by atoms with Crippen LogP contribution in [0.5, 0.6) is 0 Å². The van der Waals surface area contributed by atoms with E-state index in [0.717, 1.165) is 19.3 Å². The largest absolute Gasteiger partial charge is 0.480 e. The Morgan fingerprint density at radius 2 is 2.16 bits per heavy atom. The van der Waals surface area contributed by atoms with Crippen molar-refractivity contribution in [3.63, 3.8) is 0 Å². The van der Waals surface area contributed by atoms with Gasteiger partial charge in [0, 0.05) is 6.04 Å². The van der Waals surface area contributed by atoms with Crippen molar-refractivity contribution >= 4 is 23.8 Å². The Kier molecular flexibility index (Phi) is 5.97. The van der Waals surface area contributed by atoms with E-state index in [2.05, 4.69) is 24.5 Å². The van der Waals surface area contributed by atoms with Crippen LogP contribution in [0, 0.1) is 5.41 Å². The summed E-state index contributed by atoms with van der Waals surface area (Å²) < 4.78 is 0. The minimum atomic E-state index is -0.977. The van der Waals surface area contributed by atoms with Gasteiger partial charge >= 0.3 is 12.0 Å². The first-order valence-corrected chi connectivity index (χ1v) is 8.05. The number of hydrogen-bond donors (Lipinski definition) is 3. The second-order valence-electron chi connectivity index (χ2n) is 5.72. The third-order valence-electron chi connectivity index (χ3n) is 3.78. The predicted molar refractivity (Wildman–Crippen MR) is 77.5 cm³/mol. The lowest BCUT2D eigenvalue weighted by Crippen LogP contribution is -2.51. The van der Waals surface area contributed by atoms with Gasteiger partial charge in [0.05, 0.1) is 0 Å². The van der Waals surface area contributed by atoms with E-state index in [0.29, 0.717) is 12.2 Å². The number of hydrogen-bond acceptors (Lipinski definition) is 3. The Labute approximate surface area is 118 Å². The van der Waals surface area contributed by atoms with Crippen LogP contribution in [0.2, 0.25) is 0 Å². The molecular formula is C13H24N2O3S. The van der Waals surface area contributed by atoms with Crippen LogP contribution in [-0.2, 0) is 4.79 Å². The van der Waals surface area contributed by atoms with Crippen LogP contribution in [0.25, 0.3) is 0 Å². The molecule has 0 spiro atoms. The Balaban J connectivity index is 2.46. The molecule has 0 bridgehead atoms. The quantitative estimate of drug-likeness (QED) is 0.699. The number of amides is 2. The molecule has 0 aromatic heterocycles. The van der Waals surface area contributed by atoms with Gasteiger partial charge in [0.2, 0.25) is 0 Å². The number of carboxylic acids is 1. The summed E-state index contributed by atoms with van der Waals surface area (Å²) in [4.78, 5) is 22.9. The van der Waals surface area contributed by atoms with Crippen molar-refractivity contribution in [1.82, 2.24) is 10.6 Å². The van der Waals surface area contributed by atoms with Gasteiger partial charge in [-0.2, -0.15) is 11.8 Å². The van der Waals surface area contributed by atoms with Crippen molar-refractivity contribution < 1.29 is 14.7 Å². The molecule has 19 heavy (non-hydrogen) atoms. The van der Waals surface area contributed by atoms with Crippen LogP contribution in [-0.4, -0.2) is 41.2 Å². The molecule has 0 aliphatic heterocycles. The minimum absolute atomic E-state index is 0.0926. The number of aliphatic carboxylic acids is 1. The molecule has 1 saturated carbocycles. The van der Waals surface area contributed by atoms with Gasteiger partial charge in [-0.25, -0.2) is 9.59 Å². The van der Waals surface area contributed by atoms with Crippen molar-refractivity contribution in [2.45, 2.75) is 51.6 Å². The molecule has 0 aromatic carbocycles. The number of thioether (sulfide) groups is 1. The first-order valence-electron chi connectivity index (χ1n) is 6.65. The van der Waals surface area contributed by atoms with E-state index in [-0.39, 0.29) is 17.5 Å². The predicted octanol–water partition coefficient (Wildman–Crippen LogP) is 2.07. The van der Waals surface area contributed by atoms with Gasteiger partial charge in [0.25, 0.3) is 0 Å². The molecule has 0 heterocycles. The van der Waals surface area contributed by atoms with Gasteiger partial charge in [-0.1, -0.05) is 20.3 Å². The summed E-state index contributed by atoms with van der Waals surface area (Å²) in [5.41, 5.74) is 0.0926. The van der Waals surface area contributed by atoms with E-state index in [1.807, 2.05) is 6.26 Å². The normalized spacial score (nSPS) is 22.8. The number of rotatable bonds is 6. The minimum Gasteiger partial charge on any atom is -0.480 e. The average molecular weight is 288 g/mol. The second-order valence-corrected chi connectivity index (χ2v) is 6.71. The summed E-state index contributed by atoms with van der Waals surface area (Å²) in [6, 6.07) is -1.05. The molecule has 0 radical (unpaired) electrons. The Morgan fingerprint density at radius 1 is 1.47 bits per heavy atom. The lowest BCUT2D eigenvalue weighted by atomic mass is 9.87. The molecule has 1 rings (SSSR count). The highest BCUT2D eigenvalue weighted by Gasteiger charge is 2.35. The molecule has 110 valence electrons. The maximum Gasteiger partial charge on any atom is 0.326 e. The molecule has 0 saturated heterocycles. The zero-order valence-electron chi connectivity index (χ0n) is 11.9. The van der Waals surface area contributed by atoms with E-state index in [4.69, 9.17) is 5.11 Å². The number of carboxylic acid groups (broad SMARTS) is 1. The van der Waals surface area contributed by atoms with Crippen molar-refractivity contribution in [2.24, 2.45) is 5.41 Å². The van der Waals surface area contributed by atoms with Crippen LogP contribution < -0.4 is 10.6 Å². The van der Waals surface area contributed by atoms with E-state index in [9.17, 15) is 9.59 Å². The Hall–Kier alpha value is -0.910. The lowest BCUT2D eigenvalue weighted by molar-refractivity contribution is -0.139. The van der Waals surface area contributed by atoms with Crippen molar-refractivity contribution in [1.29, 1.82) is 0 Å². The molecule has 3 N–H and O–H groups in total. The van der Waals surface area contributed by atoms with Crippen LogP contribution in [0.3, 0.4) is 0 Å². The Bertz CT molecular complexity index is 334. The number of urea groups is 1. The van der Waals surface area contributed by atoms with Crippen LogP contribution in [0.4, 0.5) is 4.79 Å². The van der Waals surface area contributed by atoms with E-state index < -0.39 is 12.0 Å². The average Bonchev–Trinajstić information content (AvgIpc) is 2.63. The molecule has 0 aromatic rings. The summed E-state index contributed by atoms with van der Waals surface area (Å²) in [6.45, 7) is 4.26. The molecule has 5 nitrogen and oxygen atoms in total. The van der Waals surface area contributed by atoms with Gasteiger partial charge in [-0.15, -0.1) is 0 Å². The third-order valence-corrected chi connectivity index (χ3v) is 4.42. The fraction of sp³-hybridized carbons (Fsp3) is 0.846. The summed E-state index contributed by atoms with van der Waals surface area (Å²) in [5.74, 6) is -0.263. The molecule has 1 unspecified atom stereocenters. The van der Waals surface area contributed by atoms with E-state index in [1.54, 1.807) is 11.8 Å². The van der Waals surface area contributed by atoms with Gasteiger partial charge in [0.15, 0.2) is 0 Å². The van der Waals surface area contributed by atoms with E-state index >= 15 is 0 Å². The maximum absolute atomic E-state index is 11.9. The maximum atomic E-state index is 11.9. The van der Waals surface area contributed by atoms with E-state index in [1.165, 1.54) is 0 Å². The topological polar surface area (TPSA) is 78.4 Å². The number of nitrogens with one attached hydrogen (secondary N) is 2. The fourth-order valence-electron chi connectivity index (χ4n) is 2.45.